The van der Waals surface area contributed by atoms with E-state index < -0.39 is 0 Å². The zero-order valence-electron chi connectivity index (χ0n) is 16.5. The summed E-state index contributed by atoms with van der Waals surface area (Å²) in [7, 11) is 2.08. The summed E-state index contributed by atoms with van der Waals surface area (Å²) in [5, 5.41) is 2.22. The van der Waals surface area contributed by atoms with E-state index in [-0.39, 0.29) is 0 Å². The van der Waals surface area contributed by atoms with Gasteiger partial charge in [0.15, 0.2) is 11.7 Å². The lowest BCUT2D eigenvalue weighted by Crippen LogP contribution is -1.92. The Kier molecular flexibility index (Phi) is 4.65. The Labute approximate surface area is 184 Å². The number of para-hydroxylation sites is 1. The maximum Gasteiger partial charge on any atom is 0.192 e. The van der Waals surface area contributed by atoms with Crippen LogP contribution in [0.5, 0.6) is 0 Å². The van der Waals surface area contributed by atoms with Gasteiger partial charge in [0, 0.05) is 40.5 Å². The molecule has 0 N–H and O–H groups in total. The second-order valence-electron chi connectivity index (χ2n) is 7.23. The minimum absolute atomic E-state index is 0.560. The first-order valence-corrected chi connectivity index (χ1v) is 10.4. The Morgan fingerprint density at radius 2 is 1.50 bits per heavy atom. The summed E-state index contributed by atoms with van der Waals surface area (Å²) in [6.45, 7) is 1.85. The van der Waals surface area contributed by atoms with E-state index in [0.717, 1.165) is 39.0 Å². The van der Waals surface area contributed by atoms with Gasteiger partial charge in [0.2, 0.25) is 0 Å². The van der Waals surface area contributed by atoms with E-state index in [1.807, 2.05) is 49.4 Å². The minimum Gasteiger partial charge on any atom is -0.440 e. The van der Waals surface area contributed by atoms with Gasteiger partial charge in [-0.2, -0.15) is 0 Å². The Balaban J connectivity index is 1.88. The van der Waals surface area contributed by atoms with Gasteiger partial charge in [0.05, 0.1) is 11.3 Å². The van der Waals surface area contributed by atoms with Gasteiger partial charge in [-0.3, -0.25) is 0 Å². The highest BCUT2D eigenvalue weighted by molar-refractivity contribution is 6.35. The lowest BCUT2D eigenvalue weighted by atomic mass is 9.99. The zero-order valence-corrected chi connectivity index (χ0v) is 18.0. The number of benzene rings is 3. The fourth-order valence-electron chi connectivity index (χ4n) is 4.04. The van der Waals surface area contributed by atoms with Crippen molar-refractivity contribution in [2.75, 3.05) is 0 Å². The summed E-state index contributed by atoms with van der Waals surface area (Å²) >= 11 is 12.6. The van der Waals surface area contributed by atoms with Gasteiger partial charge in [0.25, 0.3) is 0 Å². The predicted molar refractivity (Wildman–Crippen MR) is 124 cm³/mol. The van der Waals surface area contributed by atoms with Gasteiger partial charge < -0.3 is 8.98 Å². The van der Waals surface area contributed by atoms with Crippen LogP contribution in [-0.4, -0.2) is 9.55 Å². The number of aryl methyl sites for hydroxylation is 2. The molecule has 2 aromatic heterocycles. The van der Waals surface area contributed by atoms with Gasteiger partial charge in [-0.1, -0.05) is 71.7 Å². The molecule has 0 saturated heterocycles. The molecule has 0 aliphatic carbocycles. The summed E-state index contributed by atoms with van der Waals surface area (Å²) < 4.78 is 8.41. The van der Waals surface area contributed by atoms with E-state index in [1.165, 1.54) is 0 Å². The van der Waals surface area contributed by atoms with E-state index in [2.05, 4.69) is 35.9 Å². The van der Waals surface area contributed by atoms with Crippen molar-refractivity contribution in [3.8, 4) is 33.8 Å². The molecule has 0 fully saturated rings. The van der Waals surface area contributed by atoms with Crippen molar-refractivity contribution in [1.82, 2.24) is 9.55 Å². The van der Waals surface area contributed by atoms with Crippen molar-refractivity contribution in [2.24, 2.45) is 7.05 Å². The summed E-state index contributed by atoms with van der Waals surface area (Å²) in [6, 6.07) is 24.1. The van der Waals surface area contributed by atoms with Crippen molar-refractivity contribution < 1.29 is 4.42 Å². The molecule has 148 valence electrons. The third-order valence-electron chi connectivity index (χ3n) is 5.25. The zero-order chi connectivity index (χ0) is 20.8. The Morgan fingerprint density at radius 3 is 2.23 bits per heavy atom. The lowest BCUT2D eigenvalue weighted by Gasteiger charge is -2.08. The maximum absolute atomic E-state index is 6.28. The third-order valence-corrected chi connectivity index (χ3v) is 5.69. The molecule has 0 spiro atoms. The van der Waals surface area contributed by atoms with Gasteiger partial charge in [0.1, 0.15) is 5.69 Å². The molecule has 2 heterocycles. The van der Waals surface area contributed by atoms with Crippen LogP contribution in [0.2, 0.25) is 10.0 Å². The highest BCUT2D eigenvalue weighted by Gasteiger charge is 2.25. The van der Waals surface area contributed by atoms with E-state index in [1.54, 1.807) is 6.07 Å². The maximum atomic E-state index is 6.28. The fourth-order valence-corrected chi connectivity index (χ4v) is 4.57. The monoisotopic (exact) mass is 432 g/mol. The van der Waals surface area contributed by atoms with Crippen LogP contribution in [-0.2, 0) is 7.05 Å². The number of hydrogen-bond donors (Lipinski definition) is 0. The van der Waals surface area contributed by atoms with Crippen LogP contribution >= 0.6 is 23.2 Å². The molecule has 0 amide bonds. The molecule has 0 bridgehead atoms. The van der Waals surface area contributed by atoms with Gasteiger partial charge in [-0.05, 0) is 29.8 Å². The number of hydrogen-bond acceptors (Lipinski definition) is 2. The van der Waals surface area contributed by atoms with Crippen molar-refractivity contribution in [1.29, 1.82) is 0 Å². The molecule has 0 aliphatic heterocycles. The minimum atomic E-state index is 0.560. The van der Waals surface area contributed by atoms with Crippen LogP contribution in [0.15, 0.2) is 77.2 Å². The molecular formula is C25H18Cl2N2O. The topological polar surface area (TPSA) is 31.0 Å². The second-order valence-corrected chi connectivity index (χ2v) is 8.11. The SMILES string of the molecule is Cc1nc(-c2cc(Cl)cc(Cl)c2)c(-c2c(-c3ccccc3)n(C)c3ccccc23)o1. The Hall–Kier alpha value is -3.01. The Morgan fingerprint density at radius 1 is 0.833 bits per heavy atom. The first-order valence-electron chi connectivity index (χ1n) is 9.60. The highest BCUT2D eigenvalue weighted by atomic mass is 35.5. The quantitative estimate of drug-likeness (QED) is 0.291. The van der Waals surface area contributed by atoms with Crippen LogP contribution in [0, 0.1) is 6.92 Å². The molecule has 5 heteroatoms. The summed E-state index contributed by atoms with van der Waals surface area (Å²) in [5.74, 6) is 1.30. The molecule has 3 aromatic carbocycles. The van der Waals surface area contributed by atoms with E-state index in [9.17, 15) is 0 Å². The number of rotatable bonds is 3. The first-order chi connectivity index (χ1) is 14.5. The average molecular weight is 433 g/mol. The van der Waals surface area contributed by atoms with E-state index in [4.69, 9.17) is 32.6 Å². The summed E-state index contributed by atoms with van der Waals surface area (Å²) in [6.07, 6.45) is 0. The van der Waals surface area contributed by atoms with Gasteiger partial charge >= 0.3 is 0 Å². The van der Waals surface area contributed by atoms with Crippen LogP contribution in [0.25, 0.3) is 44.7 Å². The normalized spacial score (nSPS) is 11.3. The second kappa shape index (κ2) is 7.35. The standard InChI is InChI=1S/C25H18Cl2N2O/c1-15-28-23(17-12-18(26)14-19(27)13-17)25(30-15)22-20-10-6-7-11-21(20)29(2)24(22)16-8-4-3-5-9-16/h3-14H,1-2H3. The molecule has 5 rings (SSSR count). The number of fused-ring (bicyclic) bond motifs is 1. The largest absolute Gasteiger partial charge is 0.440 e. The molecule has 0 unspecified atom stereocenters. The highest BCUT2D eigenvalue weighted by Crippen LogP contribution is 2.44. The number of oxazole rings is 1. The van der Waals surface area contributed by atoms with Crippen LogP contribution in [0.1, 0.15) is 5.89 Å². The smallest absolute Gasteiger partial charge is 0.192 e. The summed E-state index contributed by atoms with van der Waals surface area (Å²) in [4.78, 5) is 4.70. The van der Waals surface area contributed by atoms with Gasteiger partial charge in [-0.15, -0.1) is 0 Å². The van der Waals surface area contributed by atoms with Crippen molar-refractivity contribution in [2.45, 2.75) is 6.92 Å². The van der Waals surface area contributed by atoms with Crippen LogP contribution in [0.3, 0.4) is 0 Å². The molecule has 0 atom stereocenters. The molecule has 0 radical (unpaired) electrons. The fraction of sp³-hybridized carbons (Fsp3) is 0.0800. The number of nitrogens with zero attached hydrogens (tertiary/aromatic N) is 2. The van der Waals surface area contributed by atoms with E-state index in [0.29, 0.717) is 21.7 Å². The van der Waals surface area contributed by atoms with E-state index >= 15 is 0 Å². The van der Waals surface area contributed by atoms with Crippen molar-refractivity contribution in [3.05, 3.63) is 88.7 Å². The predicted octanol–water partition coefficient (Wildman–Crippen LogP) is 7.78. The van der Waals surface area contributed by atoms with Gasteiger partial charge in [-0.25, -0.2) is 4.98 Å². The first kappa shape index (κ1) is 19.0. The molecule has 3 nitrogen and oxygen atoms in total. The third kappa shape index (κ3) is 3.11. The molecule has 5 aromatic rings. The molecule has 0 saturated carbocycles. The number of aromatic nitrogens is 2. The number of halogens is 2. The van der Waals surface area contributed by atoms with Crippen LogP contribution < -0.4 is 0 Å². The summed E-state index contributed by atoms with van der Waals surface area (Å²) in [5.41, 5.74) is 5.86. The van der Waals surface area contributed by atoms with Crippen molar-refractivity contribution in [3.63, 3.8) is 0 Å². The Bertz CT molecular complexity index is 1360. The van der Waals surface area contributed by atoms with Crippen molar-refractivity contribution >= 4 is 34.1 Å². The van der Waals surface area contributed by atoms with Crippen LogP contribution in [0.4, 0.5) is 0 Å². The lowest BCUT2D eigenvalue weighted by molar-refractivity contribution is 0.535. The molecule has 0 aliphatic rings. The molecule has 30 heavy (non-hydrogen) atoms. The average Bonchev–Trinajstić information content (AvgIpc) is 3.26. The molecular weight excluding hydrogens is 415 g/mol.